The highest BCUT2D eigenvalue weighted by molar-refractivity contribution is 5.84. The van der Waals surface area contributed by atoms with E-state index in [0.29, 0.717) is 16.7 Å². The molecule has 0 bridgehead atoms. The van der Waals surface area contributed by atoms with Gasteiger partial charge >= 0.3 is 0 Å². The van der Waals surface area contributed by atoms with Crippen molar-refractivity contribution < 1.29 is 14.6 Å². The molecule has 3 aromatic carbocycles. The third kappa shape index (κ3) is 3.62. The summed E-state index contributed by atoms with van der Waals surface area (Å²) >= 11 is 0. The van der Waals surface area contributed by atoms with Gasteiger partial charge in [0.2, 0.25) is 0 Å². The molecule has 0 saturated heterocycles. The molecule has 26 heavy (non-hydrogen) atoms. The molecule has 0 saturated carbocycles. The third-order valence-corrected chi connectivity index (χ3v) is 4.33. The fourth-order valence-corrected chi connectivity index (χ4v) is 3.01. The van der Waals surface area contributed by atoms with Crippen LogP contribution in [0.1, 0.15) is 36.5 Å². The minimum absolute atomic E-state index is 0.0310. The van der Waals surface area contributed by atoms with E-state index < -0.39 is 0 Å². The number of hydrogen-bond acceptors (Lipinski definition) is 2. The van der Waals surface area contributed by atoms with Crippen molar-refractivity contribution in [1.29, 1.82) is 0 Å². The predicted molar refractivity (Wildman–Crippen MR) is 105 cm³/mol. The maximum atomic E-state index is 14.8. The molecule has 2 nitrogen and oxygen atoms in total. The Bertz CT molecular complexity index is 923. The summed E-state index contributed by atoms with van der Waals surface area (Å²) in [4.78, 5) is 0. The summed E-state index contributed by atoms with van der Waals surface area (Å²) in [5, 5.41) is 20.5. The Labute approximate surface area is 152 Å². The molecule has 3 rings (SSSR count). The van der Waals surface area contributed by atoms with Gasteiger partial charge in [0.05, 0.1) is 5.56 Å². The average molecular weight is 348 g/mol. The van der Waals surface area contributed by atoms with Crippen LogP contribution in [-0.4, -0.2) is 10.2 Å². The average Bonchev–Trinajstić information content (AvgIpc) is 2.62. The van der Waals surface area contributed by atoms with Crippen molar-refractivity contribution >= 4 is 11.9 Å². The van der Waals surface area contributed by atoms with Gasteiger partial charge in [0, 0.05) is 5.56 Å². The van der Waals surface area contributed by atoms with Crippen molar-refractivity contribution in [3.05, 3.63) is 83.4 Å². The first-order chi connectivity index (χ1) is 12.5. The standard InChI is InChI=1S/C23H21FO2/c1-15(2)18-12-11-17(20(24)13-16-7-4-3-5-8-16)14-19(18)23-21(25)9-6-10-22(23)26/h3-15,25-26H,1-2H3/b20-13-. The largest absolute Gasteiger partial charge is 0.507 e. The van der Waals surface area contributed by atoms with Crippen molar-refractivity contribution in [3.8, 4) is 22.6 Å². The van der Waals surface area contributed by atoms with Crippen LogP contribution >= 0.6 is 0 Å². The summed E-state index contributed by atoms with van der Waals surface area (Å²) in [6.07, 6.45) is 1.47. The van der Waals surface area contributed by atoms with Crippen LogP contribution in [0.2, 0.25) is 0 Å². The first-order valence-electron chi connectivity index (χ1n) is 8.55. The van der Waals surface area contributed by atoms with E-state index in [-0.39, 0.29) is 23.2 Å². The van der Waals surface area contributed by atoms with Crippen LogP contribution in [0.25, 0.3) is 23.0 Å². The molecule has 0 aromatic heterocycles. The van der Waals surface area contributed by atoms with Crippen molar-refractivity contribution in [2.45, 2.75) is 19.8 Å². The second-order valence-electron chi connectivity index (χ2n) is 6.53. The first-order valence-corrected chi connectivity index (χ1v) is 8.55. The van der Waals surface area contributed by atoms with Gasteiger partial charge in [-0.1, -0.05) is 62.4 Å². The van der Waals surface area contributed by atoms with Crippen LogP contribution in [0.5, 0.6) is 11.5 Å². The molecule has 132 valence electrons. The summed E-state index contributed by atoms with van der Waals surface area (Å²) in [5.41, 5.74) is 3.05. The number of benzene rings is 3. The molecule has 0 atom stereocenters. The zero-order valence-electron chi connectivity index (χ0n) is 14.8. The quantitative estimate of drug-likeness (QED) is 0.539. The van der Waals surface area contributed by atoms with E-state index >= 15 is 0 Å². The van der Waals surface area contributed by atoms with Crippen LogP contribution in [0, 0.1) is 0 Å². The highest BCUT2D eigenvalue weighted by Crippen LogP contribution is 2.42. The highest BCUT2D eigenvalue weighted by Gasteiger charge is 2.17. The fraction of sp³-hybridized carbons (Fsp3) is 0.130. The van der Waals surface area contributed by atoms with Gasteiger partial charge in [-0.25, -0.2) is 4.39 Å². The molecule has 0 unspecified atom stereocenters. The molecule has 0 aliphatic heterocycles. The Morgan fingerprint density at radius 1 is 0.885 bits per heavy atom. The normalized spacial score (nSPS) is 11.8. The smallest absolute Gasteiger partial charge is 0.131 e. The molecule has 3 heteroatoms. The molecular weight excluding hydrogens is 327 g/mol. The Morgan fingerprint density at radius 3 is 2.15 bits per heavy atom. The van der Waals surface area contributed by atoms with Gasteiger partial charge in [-0.3, -0.25) is 0 Å². The van der Waals surface area contributed by atoms with Crippen molar-refractivity contribution in [2.75, 3.05) is 0 Å². The minimum atomic E-state index is -0.373. The lowest BCUT2D eigenvalue weighted by molar-refractivity contribution is 0.454. The van der Waals surface area contributed by atoms with Crippen LogP contribution in [0.4, 0.5) is 4.39 Å². The van der Waals surface area contributed by atoms with E-state index in [1.165, 1.54) is 18.2 Å². The minimum Gasteiger partial charge on any atom is -0.507 e. The molecule has 0 fully saturated rings. The van der Waals surface area contributed by atoms with E-state index in [4.69, 9.17) is 0 Å². The zero-order valence-corrected chi connectivity index (χ0v) is 14.8. The Kier molecular flexibility index (Phi) is 5.08. The molecule has 0 amide bonds. The molecule has 0 heterocycles. The van der Waals surface area contributed by atoms with E-state index in [2.05, 4.69) is 0 Å². The van der Waals surface area contributed by atoms with Gasteiger partial charge in [0.15, 0.2) is 0 Å². The number of halogens is 1. The number of phenolic OH excluding ortho intramolecular Hbond substituents is 2. The van der Waals surface area contributed by atoms with Gasteiger partial charge in [-0.15, -0.1) is 0 Å². The predicted octanol–water partition coefficient (Wildman–Crippen LogP) is 6.36. The number of phenols is 2. The van der Waals surface area contributed by atoms with E-state index in [1.54, 1.807) is 18.2 Å². The lowest BCUT2D eigenvalue weighted by Gasteiger charge is -2.16. The van der Waals surface area contributed by atoms with E-state index in [9.17, 15) is 14.6 Å². The SMILES string of the molecule is CC(C)c1ccc(/C(F)=C/c2ccccc2)cc1-c1c(O)cccc1O. The summed E-state index contributed by atoms with van der Waals surface area (Å²) in [6, 6.07) is 19.1. The monoisotopic (exact) mass is 348 g/mol. The molecule has 0 aliphatic carbocycles. The van der Waals surface area contributed by atoms with Crippen LogP contribution in [0.3, 0.4) is 0 Å². The number of rotatable bonds is 4. The Balaban J connectivity index is 2.15. The molecule has 0 spiro atoms. The maximum Gasteiger partial charge on any atom is 0.131 e. The van der Waals surface area contributed by atoms with Crippen LogP contribution in [-0.2, 0) is 0 Å². The van der Waals surface area contributed by atoms with Crippen LogP contribution in [0.15, 0.2) is 66.7 Å². The van der Waals surface area contributed by atoms with Crippen molar-refractivity contribution in [2.24, 2.45) is 0 Å². The summed E-state index contributed by atoms with van der Waals surface area (Å²) in [6.45, 7) is 4.04. The van der Waals surface area contributed by atoms with Crippen LogP contribution < -0.4 is 0 Å². The van der Waals surface area contributed by atoms with Gasteiger partial charge < -0.3 is 10.2 Å². The van der Waals surface area contributed by atoms with E-state index in [0.717, 1.165) is 11.1 Å². The summed E-state index contributed by atoms with van der Waals surface area (Å²) in [7, 11) is 0. The summed E-state index contributed by atoms with van der Waals surface area (Å²) < 4.78 is 14.8. The first kappa shape index (κ1) is 17.7. The van der Waals surface area contributed by atoms with Gasteiger partial charge in [0.1, 0.15) is 17.3 Å². The highest BCUT2D eigenvalue weighted by atomic mass is 19.1. The second-order valence-corrected chi connectivity index (χ2v) is 6.53. The lowest BCUT2D eigenvalue weighted by atomic mass is 9.89. The second kappa shape index (κ2) is 7.44. The van der Waals surface area contributed by atoms with Gasteiger partial charge in [0.25, 0.3) is 0 Å². The number of hydrogen-bond donors (Lipinski definition) is 2. The molecule has 2 N–H and O–H groups in total. The molecule has 0 aliphatic rings. The van der Waals surface area contributed by atoms with Gasteiger partial charge in [-0.2, -0.15) is 0 Å². The topological polar surface area (TPSA) is 40.5 Å². The van der Waals surface area contributed by atoms with E-state index in [1.807, 2.05) is 50.2 Å². The van der Waals surface area contributed by atoms with Crippen molar-refractivity contribution in [3.63, 3.8) is 0 Å². The molecule has 3 aromatic rings. The van der Waals surface area contributed by atoms with Crippen molar-refractivity contribution in [1.82, 2.24) is 0 Å². The molecule has 0 radical (unpaired) electrons. The Hall–Kier alpha value is -3.07. The maximum absolute atomic E-state index is 14.8. The van der Waals surface area contributed by atoms with Gasteiger partial charge in [-0.05, 0) is 46.9 Å². The lowest BCUT2D eigenvalue weighted by Crippen LogP contribution is -1.95. The fourth-order valence-electron chi connectivity index (χ4n) is 3.01. The zero-order chi connectivity index (χ0) is 18.7. The summed E-state index contributed by atoms with van der Waals surface area (Å²) in [5.74, 6) is -0.283. The Morgan fingerprint density at radius 2 is 1.54 bits per heavy atom. The third-order valence-electron chi connectivity index (χ3n) is 4.33. The number of aromatic hydroxyl groups is 2. The molecular formula is C23H21FO2.